The number of methoxy groups -OCH3 is 3. The van der Waals surface area contributed by atoms with E-state index in [1.54, 1.807) is 42.5 Å². The average Bonchev–Trinajstić information content (AvgIpc) is 3.01. The third kappa shape index (κ3) is 4.66. The lowest BCUT2D eigenvalue weighted by Crippen LogP contribution is -2.32. The topological polar surface area (TPSA) is 74.3 Å². The van der Waals surface area contributed by atoms with Crippen molar-refractivity contribution in [3.8, 4) is 23.0 Å². The van der Waals surface area contributed by atoms with Crippen LogP contribution in [0, 0.1) is 0 Å². The van der Waals surface area contributed by atoms with E-state index in [0.717, 1.165) is 16.7 Å². The third-order valence-corrected chi connectivity index (χ3v) is 5.49. The zero-order chi connectivity index (χ0) is 21.7. The molecule has 0 atom stereocenters. The van der Waals surface area contributed by atoms with Gasteiger partial charge in [-0.05, 0) is 47.7 Å². The number of hydrogen-bond donors (Lipinski definition) is 0. The third-order valence-electron chi connectivity index (χ3n) is 4.27. The monoisotopic (exact) mass is 449 g/mol. The van der Waals surface area contributed by atoms with Gasteiger partial charge in [-0.2, -0.15) is 0 Å². The number of rotatable bonds is 8. The molecule has 1 fully saturated rings. The van der Waals surface area contributed by atoms with Gasteiger partial charge in [0.15, 0.2) is 11.5 Å². The van der Waals surface area contributed by atoms with E-state index in [2.05, 4.69) is 0 Å². The Balaban J connectivity index is 1.74. The number of para-hydroxylation sites is 1. The molecule has 1 aliphatic heterocycles. The molecule has 7 nitrogen and oxygen atoms in total. The molecule has 3 rings (SSSR count). The average molecular weight is 450 g/mol. The summed E-state index contributed by atoms with van der Waals surface area (Å²) in [5, 5.41) is 0.107. The van der Waals surface area contributed by atoms with Crippen LogP contribution in [-0.4, -0.2) is 50.5 Å². The van der Waals surface area contributed by atoms with Crippen molar-refractivity contribution >= 4 is 40.6 Å². The van der Waals surface area contributed by atoms with E-state index in [4.69, 9.17) is 30.5 Å². The second kappa shape index (κ2) is 9.77. The van der Waals surface area contributed by atoms with Crippen LogP contribution < -0.4 is 18.9 Å². The Kier molecular flexibility index (Phi) is 7.12. The van der Waals surface area contributed by atoms with Crippen LogP contribution in [0.5, 0.6) is 23.0 Å². The zero-order valence-corrected chi connectivity index (χ0v) is 18.2. The number of carbonyl (C=O) groups excluding carboxylic acids is 2. The first-order chi connectivity index (χ1) is 14.5. The summed E-state index contributed by atoms with van der Waals surface area (Å²) in [6.07, 6.45) is 1.62. The number of hydrogen-bond acceptors (Lipinski definition) is 7. The first-order valence-electron chi connectivity index (χ1n) is 8.91. The highest BCUT2D eigenvalue weighted by molar-refractivity contribution is 8.18. The molecule has 1 heterocycles. The van der Waals surface area contributed by atoms with Gasteiger partial charge in [-0.25, -0.2) is 0 Å². The summed E-state index contributed by atoms with van der Waals surface area (Å²) in [6.45, 7) is 0.252. The first kappa shape index (κ1) is 21.9. The van der Waals surface area contributed by atoms with E-state index in [0.29, 0.717) is 38.5 Å². The van der Waals surface area contributed by atoms with Gasteiger partial charge >= 0.3 is 0 Å². The van der Waals surface area contributed by atoms with Gasteiger partial charge in [0.05, 0.1) is 37.8 Å². The number of carbonyl (C=O) groups is 2. The van der Waals surface area contributed by atoms with Crippen molar-refractivity contribution in [2.45, 2.75) is 0 Å². The van der Waals surface area contributed by atoms with Crippen LogP contribution in [0.2, 0.25) is 5.02 Å². The van der Waals surface area contributed by atoms with Crippen molar-refractivity contribution in [3.05, 3.63) is 51.9 Å². The molecular formula is C21H20ClNO6S. The summed E-state index contributed by atoms with van der Waals surface area (Å²) in [5.74, 6) is 1.47. The number of benzene rings is 2. The predicted molar refractivity (Wildman–Crippen MR) is 116 cm³/mol. The fraction of sp³-hybridized carbons (Fsp3) is 0.238. The van der Waals surface area contributed by atoms with Crippen molar-refractivity contribution < 1.29 is 28.5 Å². The molecule has 0 radical (unpaired) electrons. The molecule has 0 spiro atoms. The van der Waals surface area contributed by atoms with Crippen molar-refractivity contribution in [1.82, 2.24) is 4.90 Å². The molecule has 2 aromatic rings. The van der Waals surface area contributed by atoms with E-state index < -0.39 is 0 Å². The normalized spacial score (nSPS) is 14.9. The van der Waals surface area contributed by atoms with Crippen LogP contribution >= 0.6 is 23.4 Å². The van der Waals surface area contributed by atoms with Gasteiger partial charge in [0.1, 0.15) is 12.4 Å². The molecule has 2 aromatic carbocycles. The molecule has 9 heteroatoms. The Labute approximate surface area is 183 Å². The summed E-state index contributed by atoms with van der Waals surface area (Å²) in [5.41, 5.74) is 0.641. The maximum absolute atomic E-state index is 12.7. The Morgan fingerprint density at radius 1 is 1.00 bits per heavy atom. The number of halogens is 1. The fourth-order valence-electron chi connectivity index (χ4n) is 2.84. The van der Waals surface area contributed by atoms with Gasteiger partial charge in [-0.15, -0.1) is 0 Å². The van der Waals surface area contributed by atoms with E-state index in [1.165, 1.54) is 21.3 Å². The number of ether oxygens (including phenoxy) is 4. The molecule has 0 N–H and O–H groups in total. The summed E-state index contributed by atoms with van der Waals surface area (Å²) < 4.78 is 21.5. The summed E-state index contributed by atoms with van der Waals surface area (Å²) in [4.78, 5) is 26.5. The molecule has 1 aliphatic rings. The molecule has 0 bridgehead atoms. The largest absolute Gasteiger partial charge is 0.493 e. The van der Waals surface area contributed by atoms with Crippen molar-refractivity contribution in [2.75, 3.05) is 34.5 Å². The van der Waals surface area contributed by atoms with Gasteiger partial charge in [0, 0.05) is 0 Å². The Morgan fingerprint density at radius 2 is 1.67 bits per heavy atom. The molecule has 0 saturated carbocycles. The first-order valence-corrected chi connectivity index (χ1v) is 10.1. The summed E-state index contributed by atoms with van der Waals surface area (Å²) in [6, 6.07) is 10.4. The molecule has 2 amide bonds. The molecule has 0 aliphatic carbocycles. The summed E-state index contributed by atoms with van der Waals surface area (Å²) in [7, 11) is 4.53. The van der Waals surface area contributed by atoms with Crippen molar-refractivity contribution in [1.29, 1.82) is 0 Å². The van der Waals surface area contributed by atoms with Gasteiger partial charge in [-0.3, -0.25) is 14.5 Å². The molecular weight excluding hydrogens is 430 g/mol. The van der Waals surface area contributed by atoms with Crippen LogP contribution in [0.3, 0.4) is 0 Å². The van der Waals surface area contributed by atoms with Crippen LogP contribution in [0.15, 0.2) is 41.3 Å². The second-order valence-corrected chi connectivity index (χ2v) is 7.47. The number of imide groups is 1. The van der Waals surface area contributed by atoms with Crippen LogP contribution in [-0.2, 0) is 4.79 Å². The maximum Gasteiger partial charge on any atom is 0.293 e. The minimum Gasteiger partial charge on any atom is -0.493 e. The minimum absolute atomic E-state index is 0.114. The van der Waals surface area contributed by atoms with Crippen molar-refractivity contribution in [3.63, 3.8) is 0 Å². The Bertz CT molecular complexity index is 968. The lowest BCUT2D eigenvalue weighted by molar-refractivity contribution is -0.123. The summed E-state index contributed by atoms with van der Waals surface area (Å²) >= 11 is 6.91. The number of nitrogens with zero attached hydrogens (tertiary/aromatic N) is 1. The van der Waals surface area contributed by atoms with Crippen LogP contribution in [0.1, 0.15) is 5.56 Å². The smallest absolute Gasteiger partial charge is 0.293 e. The molecule has 158 valence electrons. The highest BCUT2D eigenvalue weighted by Crippen LogP contribution is 2.40. The SMILES string of the molecule is COc1cc(/C=C2\SC(=O)N(CCOc3ccccc3Cl)C2=O)cc(OC)c1OC. The quantitative estimate of drug-likeness (QED) is 0.550. The lowest BCUT2D eigenvalue weighted by atomic mass is 10.1. The zero-order valence-electron chi connectivity index (χ0n) is 16.6. The van der Waals surface area contributed by atoms with Gasteiger partial charge in [0.2, 0.25) is 5.75 Å². The fourth-order valence-corrected chi connectivity index (χ4v) is 3.89. The van der Waals surface area contributed by atoms with E-state index in [1.807, 2.05) is 0 Å². The second-order valence-electron chi connectivity index (χ2n) is 6.07. The number of amides is 2. The van der Waals surface area contributed by atoms with Crippen LogP contribution in [0.25, 0.3) is 6.08 Å². The minimum atomic E-state index is -0.387. The van der Waals surface area contributed by atoms with E-state index >= 15 is 0 Å². The lowest BCUT2D eigenvalue weighted by Gasteiger charge is -2.14. The Morgan fingerprint density at radius 3 is 2.27 bits per heavy atom. The van der Waals surface area contributed by atoms with Gasteiger partial charge in [0.25, 0.3) is 11.1 Å². The Hall–Kier alpha value is -2.84. The molecule has 1 saturated heterocycles. The maximum atomic E-state index is 12.7. The highest BCUT2D eigenvalue weighted by atomic mass is 35.5. The highest BCUT2D eigenvalue weighted by Gasteiger charge is 2.35. The van der Waals surface area contributed by atoms with E-state index in [-0.39, 0.29) is 24.3 Å². The molecule has 0 aromatic heterocycles. The van der Waals surface area contributed by atoms with E-state index in [9.17, 15) is 9.59 Å². The van der Waals surface area contributed by atoms with Gasteiger partial charge < -0.3 is 18.9 Å². The predicted octanol–water partition coefficient (Wildman–Crippen LogP) is 4.48. The molecule has 30 heavy (non-hydrogen) atoms. The standard InChI is InChI=1S/C21H20ClNO6S/c1-26-16-10-13(11-17(27-2)19(16)28-3)12-18-20(24)23(21(25)30-18)8-9-29-15-7-5-4-6-14(15)22/h4-7,10-12H,8-9H2,1-3H3/b18-12-. The van der Waals surface area contributed by atoms with Gasteiger partial charge in [-0.1, -0.05) is 23.7 Å². The molecule has 0 unspecified atom stereocenters. The number of thioether (sulfide) groups is 1. The van der Waals surface area contributed by atoms with Crippen LogP contribution in [0.4, 0.5) is 4.79 Å². The van der Waals surface area contributed by atoms with Crippen molar-refractivity contribution in [2.24, 2.45) is 0 Å².